The molecule has 1 rings (SSSR count). The summed E-state index contributed by atoms with van der Waals surface area (Å²) in [5.74, 6) is -0.00204. The summed E-state index contributed by atoms with van der Waals surface area (Å²) in [6.07, 6.45) is 3.34. The molecule has 0 aliphatic rings. The Bertz CT molecular complexity index is 365. The molecule has 0 heterocycles. The van der Waals surface area contributed by atoms with Gasteiger partial charge in [0.15, 0.2) is 0 Å². The summed E-state index contributed by atoms with van der Waals surface area (Å²) in [6, 6.07) is 7.92. The number of benzene rings is 1. The Balaban J connectivity index is 2.75. The van der Waals surface area contributed by atoms with Crippen LogP contribution in [0.3, 0.4) is 0 Å². The van der Waals surface area contributed by atoms with E-state index in [2.05, 4.69) is 13.2 Å². The molecule has 0 bridgehead atoms. The fraction of sp³-hybridized carbons (Fsp3) is 0.154. The van der Waals surface area contributed by atoms with Gasteiger partial charge in [0.2, 0.25) is 5.91 Å². The zero-order valence-corrected chi connectivity index (χ0v) is 8.94. The normalized spacial score (nSPS) is 9.40. The monoisotopic (exact) mass is 201 g/mol. The Hall–Kier alpha value is -1.83. The van der Waals surface area contributed by atoms with Crippen LogP contribution in [0.1, 0.15) is 18.1 Å². The van der Waals surface area contributed by atoms with Crippen molar-refractivity contribution in [2.24, 2.45) is 0 Å². The van der Waals surface area contributed by atoms with Crippen LogP contribution in [0.15, 0.2) is 43.6 Å². The van der Waals surface area contributed by atoms with Crippen molar-refractivity contribution >= 4 is 12.0 Å². The van der Waals surface area contributed by atoms with Crippen LogP contribution < -0.4 is 0 Å². The Kier molecular flexibility index (Phi) is 3.86. The van der Waals surface area contributed by atoms with E-state index in [0.29, 0.717) is 6.54 Å². The third kappa shape index (κ3) is 3.09. The summed E-state index contributed by atoms with van der Waals surface area (Å²) in [5.41, 5.74) is 2.16. The molecule has 0 unspecified atom stereocenters. The van der Waals surface area contributed by atoms with Crippen molar-refractivity contribution in [3.63, 3.8) is 0 Å². The quantitative estimate of drug-likeness (QED) is 0.733. The number of amides is 1. The van der Waals surface area contributed by atoms with Crippen molar-refractivity contribution in [2.75, 3.05) is 0 Å². The highest BCUT2D eigenvalue weighted by atomic mass is 16.2. The van der Waals surface area contributed by atoms with Gasteiger partial charge in [-0.05, 0) is 17.3 Å². The van der Waals surface area contributed by atoms with Crippen molar-refractivity contribution in [2.45, 2.75) is 13.5 Å². The topological polar surface area (TPSA) is 20.3 Å². The number of carbonyl (C=O) groups excluding carboxylic acids is 1. The summed E-state index contributed by atoms with van der Waals surface area (Å²) < 4.78 is 0. The van der Waals surface area contributed by atoms with Crippen molar-refractivity contribution < 1.29 is 4.79 Å². The Morgan fingerprint density at radius 2 is 1.93 bits per heavy atom. The minimum atomic E-state index is -0.00204. The van der Waals surface area contributed by atoms with E-state index in [1.54, 1.807) is 17.2 Å². The van der Waals surface area contributed by atoms with Crippen molar-refractivity contribution in [3.05, 3.63) is 54.8 Å². The molecule has 2 nitrogen and oxygen atoms in total. The first kappa shape index (κ1) is 11.2. The molecule has 0 atom stereocenters. The van der Waals surface area contributed by atoms with Crippen LogP contribution in [-0.2, 0) is 11.3 Å². The molecule has 0 radical (unpaired) electrons. The Morgan fingerprint density at radius 3 is 2.33 bits per heavy atom. The van der Waals surface area contributed by atoms with E-state index in [-0.39, 0.29) is 5.91 Å². The third-order valence-corrected chi connectivity index (χ3v) is 2.19. The van der Waals surface area contributed by atoms with E-state index >= 15 is 0 Å². The smallest absolute Gasteiger partial charge is 0.223 e. The maximum atomic E-state index is 11.1. The largest absolute Gasteiger partial charge is 0.316 e. The van der Waals surface area contributed by atoms with Gasteiger partial charge in [0.25, 0.3) is 0 Å². The number of rotatable bonds is 4. The van der Waals surface area contributed by atoms with E-state index in [9.17, 15) is 4.79 Å². The predicted octanol–water partition coefficient (Wildman–Crippen LogP) is 2.82. The average Bonchev–Trinajstić information content (AvgIpc) is 2.26. The Morgan fingerprint density at radius 1 is 1.33 bits per heavy atom. The molecule has 15 heavy (non-hydrogen) atoms. The number of nitrogens with zero attached hydrogens (tertiary/aromatic N) is 1. The molecule has 0 aromatic heterocycles. The van der Waals surface area contributed by atoms with Gasteiger partial charge in [-0.2, -0.15) is 0 Å². The lowest BCUT2D eigenvalue weighted by Gasteiger charge is -2.15. The first-order valence-corrected chi connectivity index (χ1v) is 4.78. The maximum absolute atomic E-state index is 11.1. The van der Waals surface area contributed by atoms with Crippen LogP contribution in [-0.4, -0.2) is 10.8 Å². The molecule has 78 valence electrons. The molecule has 1 aromatic carbocycles. The summed E-state index contributed by atoms with van der Waals surface area (Å²) >= 11 is 0. The standard InChI is InChI=1S/C13H15NO/c1-4-12-6-8-13(9-7-12)10-14(5-2)11(3)15/h4-9H,1-2,10H2,3H3. The van der Waals surface area contributed by atoms with Gasteiger partial charge >= 0.3 is 0 Å². The molecular weight excluding hydrogens is 186 g/mol. The van der Waals surface area contributed by atoms with E-state index in [0.717, 1.165) is 11.1 Å². The summed E-state index contributed by atoms with van der Waals surface area (Å²) in [5, 5.41) is 0. The highest BCUT2D eigenvalue weighted by Gasteiger charge is 2.04. The van der Waals surface area contributed by atoms with Gasteiger partial charge in [-0.1, -0.05) is 43.5 Å². The minimum Gasteiger partial charge on any atom is -0.316 e. The van der Waals surface area contributed by atoms with Crippen molar-refractivity contribution in [3.8, 4) is 0 Å². The molecule has 0 aliphatic carbocycles. The SMILES string of the molecule is C=Cc1ccc(CN(C=C)C(C)=O)cc1. The lowest BCUT2D eigenvalue weighted by Crippen LogP contribution is -2.21. The summed E-state index contributed by atoms with van der Waals surface area (Å²) in [6.45, 7) is 9.38. The van der Waals surface area contributed by atoms with E-state index in [1.807, 2.05) is 24.3 Å². The highest BCUT2D eigenvalue weighted by molar-refractivity contribution is 5.74. The first-order chi connectivity index (χ1) is 7.17. The second-order valence-corrected chi connectivity index (χ2v) is 3.28. The molecule has 0 saturated carbocycles. The fourth-order valence-electron chi connectivity index (χ4n) is 1.26. The first-order valence-electron chi connectivity index (χ1n) is 4.78. The molecule has 0 fully saturated rings. The van der Waals surface area contributed by atoms with Gasteiger partial charge in [-0.25, -0.2) is 0 Å². The van der Waals surface area contributed by atoms with Gasteiger partial charge in [-0.15, -0.1) is 0 Å². The van der Waals surface area contributed by atoms with Crippen LogP contribution >= 0.6 is 0 Å². The van der Waals surface area contributed by atoms with Crippen LogP contribution in [0.5, 0.6) is 0 Å². The van der Waals surface area contributed by atoms with Crippen LogP contribution in [0.25, 0.3) is 6.08 Å². The average molecular weight is 201 g/mol. The molecule has 0 spiro atoms. The minimum absolute atomic E-state index is 0.00204. The number of hydrogen-bond acceptors (Lipinski definition) is 1. The molecular formula is C13H15NO. The lowest BCUT2D eigenvalue weighted by atomic mass is 10.1. The Labute approximate surface area is 90.5 Å². The van der Waals surface area contributed by atoms with Gasteiger partial charge in [0, 0.05) is 6.92 Å². The molecule has 2 heteroatoms. The number of carbonyl (C=O) groups is 1. The molecule has 1 aromatic rings. The van der Waals surface area contributed by atoms with Crippen molar-refractivity contribution in [1.82, 2.24) is 4.90 Å². The second kappa shape index (κ2) is 5.15. The molecule has 0 saturated heterocycles. The zero-order valence-electron chi connectivity index (χ0n) is 8.94. The summed E-state index contributed by atoms with van der Waals surface area (Å²) in [4.78, 5) is 12.7. The maximum Gasteiger partial charge on any atom is 0.223 e. The molecule has 0 aliphatic heterocycles. The van der Waals surface area contributed by atoms with E-state index in [1.165, 1.54) is 6.92 Å². The molecule has 1 amide bonds. The predicted molar refractivity (Wildman–Crippen MR) is 63.0 cm³/mol. The highest BCUT2D eigenvalue weighted by Crippen LogP contribution is 2.08. The zero-order chi connectivity index (χ0) is 11.3. The second-order valence-electron chi connectivity index (χ2n) is 3.28. The van der Waals surface area contributed by atoms with Crippen LogP contribution in [0.2, 0.25) is 0 Å². The fourth-order valence-corrected chi connectivity index (χ4v) is 1.26. The van der Waals surface area contributed by atoms with Crippen LogP contribution in [0.4, 0.5) is 0 Å². The number of hydrogen-bond donors (Lipinski definition) is 0. The summed E-state index contributed by atoms with van der Waals surface area (Å²) in [7, 11) is 0. The van der Waals surface area contributed by atoms with Gasteiger partial charge in [-0.3, -0.25) is 4.79 Å². The lowest BCUT2D eigenvalue weighted by molar-refractivity contribution is -0.126. The van der Waals surface area contributed by atoms with Crippen LogP contribution in [0, 0.1) is 0 Å². The molecule has 0 N–H and O–H groups in total. The van der Waals surface area contributed by atoms with Gasteiger partial charge in [0.05, 0.1) is 6.54 Å². The van der Waals surface area contributed by atoms with E-state index in [4.69, 9.17) is 0 Å². The third-order valence-electron chi connectivity index (χ3n) is 2.19. The van der Waals surface area contributed by atoms with E-state index < -0.39 is 0 Å². The van der Waals surface area contributed by atoms with Gasteiger partial charge < -0.3 is 4.90 Å². The van der Waals surface area contributed by atoms with Gasteiger partial charge in [0.1, 0.15) is 0 Å². The van der Waals surface area contributed by atoms with Crippen molar-refractivity contribution in [1.29, 1.82) is 0 Å².